The van der Waals surface area contributed by atoms with E-state index in [1.807, 2.05) is 0 Å². The average Bonchev–Trinajstić information content (AvgIpc) is 1.88. The number of carbonyl (C=O) groups excluding carboxylic acids is 1. The van der Waals surface area contributed by atoms with Crippen LogP contribution in [0, 0.1) is 6.92 Å². The monoisotopic (exact) mass is 137 g/mol. The zero-order valence-electron chi connectivity index (χ0n) is 5.53. The summed E-state index contributed by atoms with van der Waals surface area (Å²) in [4.78, 5) is 18.1. The number of nitrogens with zero attached hydrogens (tertiary/aromatic N) is 2. The second kappa shape index (κ2) is 2.43. The fraction of sp³-hybridized carbons (Fsp3) is 0.167. The smallest absolute Gasteiger partial charge is 0.269 e. The van der Waals surface area contributed by atoms with Gasteiger partial charge in [0.05, 0.1) is 5.69 Å². The summed E-state index contributed by atoms with van der Waals surface area (Å²) in [6, 6.07) is 0. The Labute approximate surface area is 58.1 Å². The van der Waals surface area contributed by atoms with Gasteiger partial charge < -0.3 is 5.73 Å². The van der Waals surface area contributed by atoms with E-state index in [2.05, 4.69) is 9.97 Å². The van der Waals surface area contributed by atoms with Crippen molar-refractivity contribution in [3.8, 4) is 0 Å². The normalized spacial score (nSPS) is 9.30. The molecule has 0 saturated heterocycles. The molecule has 1 rings (SSSR count). The van der Waals surface area contributed by atoms with Crippen LogP contribution in [-0.4, -0.2) is 15.9 Å². The fourth-order valence-corrected chi connectivity index (χ4v) is 0.649. The molecule has 0 aliphatic carbocycles. The Hall–Kier alpha value is -1.45. The van der Waals surface area contributed by atoms with Crippen molar-refractivity contribution in [2.45, 2.75) is 6.92 Å². The molecule has 1 heterocycles. The first-order chi connectivity index (χ1) is 4.72. The van der Waals surface area contributed by atoms with Crippen LogP contribution < -0.4 is 5.73 Å². The highest BCUT2D eigenvalue weighted by Crippen LogP contribution is 1.95. The van der Waals surface area contributed by atoms with Crippen molar-refractivity contribution in [3.05, 3.63) is 23.8 Å². The summed E-state index contributed by atoms with van der Waals surface area (Å²) in [5, 5.41) is 0. The molecule has 0 bridgehead atoms. The minimum absolute atomic E-state index is 0.238. The van der Waals surface area contributed by atoms with Crippen molar-refractivity contribution in [2.24, 2.45) is 5.73 Å². The van der Waals surface area contributed by atoms with Gasteiger partial charge in [0, 0.05) is 12.4 Å². The molecule has 1 aromatic heterocycles. The van der Waals surface area contributed by atoms with Crippen molar-refractivity contribution in [1.82, 2.24) is 9.97 Å². The van der Waals surface area contributed by atoms with Gasteiger partial charge in [0.2, 0.25) is 0 Å². The van der Waals surface area contributed by atoms with Gasteiger partial charge in [-0.05, 0) is 6.92 Å². The molecule has 1 amide bonds. The number of aryl methyl sites for hydroxylation is 1. The Morgan fingerprint density at radius 2 is 2.10 bits per heavy atom. The molecule has 10 heavy (non-hydrogen) atoms. The van der Waals surface area contributed by atoms with Gasteiger partial charge >= 0.3 is 0 Å². The maximum absolute atomic E-state index is 10.5. The van der Waals surface area contributed by atoms with E-state index in [1.54, 1.807) is 6.92 Å². The van der Waals surface area contributed by atoms with Crippen LogP contribution in [0.15, 0.2) is 12.4 Å². The van der Waals surface area contributed by atoms with Gasteiger partial charge in [-0.15, -0.1) is 0 Å². The van der Waals surface area contributed by atoms with E-state index in [4.69, 9.17) is 5.73 Å². The first-order valence-electron chi connectivity index (χ1n) is 2.79. The summed E-state index contributed by atoms with van der Waals surface area (Å²) in [6.45, 7) is 1.69. The minimum atomic E-state index is -0.536. The van der Waals surface area contributed by atoms with Crippen LogP contribution in [-0.2, 0) is 0 Å². The molecule has 0 radical (unpaired) electrons. The van der Waals surface area contributed by atoms with E-state index in [0.717, 1.165) is 0 Å². The summed E-state index contributed by atoms with van der Waals surface area (Å²) >= 11 is 0. The molecule has 0 spiro atoms. The number of carbonyl (C=O) groups is 1. The van der Waals surface area contributed by atoms with E-state index in [9.17, 15) is 4.79 Å². The van der Waals surface area contributed by atoms with Crippen LogP contribution in [0.3, 0.4) is 0 Å². The van der Waals surface area contributed by atoms with Crippen LogP contribution in [0.2, 0.25) is 0 Å². The van der Waals surface area contributed by atoms with Crippen molar-refractivity contribution in [2.75, 3.05) is 0 Å². The summed E-state index contributed by atoms with van der Waals surface area (Å²) in [5.41, 5.74) is 5.78. The second-order valence-corrected chi connectivity index (χ2v) is 1.85. The highest BCUT2D eigenvalue weighted by molar-refractivity contribution is 5.91. The molecule has 4 heteroatoms. The zero-order chi connectivity index (χ0) is 7.56. The van der Waals surface area contributed by atoms with Crippen molar-refractivity contribution in [3.63, 3.8) is 0 Å². The maximum atomic E-state index is 10.5. The Morgan fingerprint density at radius 1 is 1.50 bits per heavy atom. The lowest BCUT2D eigenvalue weighted by molar-refractivity contribution is 0.0994. The van der Waals surface area contributed by atoms with Crippen LogP contribution >= 0.6 is 0 Å². The molecule has 4 nitrogen and oxygen atoms in total. The summed E-state index contributed by atoms with van der Waals surface area (Å²) < 4.78 is 0. The summed E-state index contributed by atoms with van der Waals surface area (Å²) in [6.07, 6.45) is 2.95. The number of hydrogen-bond acceptors (Lipinski definition) is 3. The zero-order valence-corrected chi connectivity index (χ0v) is 5.53. The maximum Gasteiger partial charge on any atom is 0.269 e. The molecule has 0 atom stereocenters. The van der Waals surface area contributed by atoms with Gasteiger partial charge in [0.1, 0.15) is 5.69 Å². The van der Waals surface area contributed by atoms with E-state index in [0.29, 0.717) is 5.69 Å². The molecule has 0 aliphatic heterocycles. The highest BCUT2D eigenvalue weighted by Gasteiger charge is 2.04. The molecular weight excluding hydrogens is 130 g/mol. The topological polar surface area (TPSA) is 68.9 Å². The first kappa shape index (κ1) is 6.67. The number of nitrogens with two attached hydrogens (primary N) is 1. The third kappa shape index (κ3) is 1.10. The molecule has 1 aromatic rings. The predicted molar refractivity (Wildman–Crippen MR) is 35.3 cm³/mol. The van der Waals surface area contributed by atoms with Gasteiger partial charge in [-0.25, -0.2) is 4.98 Å². The van der Waals surface area contributed by atoms with E-state index in [-0.39, 0.29) is 5.69 Å². The van der Waals surface area contributed by atoms with E-state index < -0.39 is 5.91 Å². The lowest BCUT2D eigenvalue weighted by atomic mass is 10.3. The van der Waals surface area contributed by atoms with E-state index in [1.165, 1.54) is 12.4 Å². The Bertz CT molecular complexity index is 259. The van der Waals surface area contributed by atoms with Crippen LogP contribution in [0.5, 0.6) is 0 Å². The summed E-state index contributed by atoms with van der Waals surface area (Å²) in [7, 11) is 0. The minimum Gasteiger partial charge on any atom is -0.364 e. The molecule has 0 unspecified atom stereocenters. The first-order valence-corrected chi connectivity index (χ1v) is 2.79. The van der Waals surface area contributed by atoms with Crippen molar-refractivity contribution in [1.29, 1.82) is 0 Å². The number of rotatable bonds is 1. The van der Waals surface area contributed by atoms with Crippen molar-refractivity contribution < 1.29 is 4.79 Å². The fourth-order valence-electron chi connectivity index (χ4n) is 0.649. The molecular formula is C6H7N3O. The van der Waals surface area contributed by atoms with Crippen LogP contribution in [0.1, 0.15) is 16.2 Å². The Kier molecular flexibility index (Phi) is 1.62. The average molecular weight is 137 g/mol. The third-order valence-electron chi connectivity index (χ3n) is 1.11. The molecule has 0 saturated carbocycles. The lowest BCUT2D eigenvalue weighted by Crippen LogP contribution is -2.15. The Morgan fingerprint density at radius 3 is 2.50 bits per heavy atom. The third-order valence-corrected chi connectivity index (χ3v) is 1.11. The molecule has 52 valence electrons. The van der Waals surface area contributed by atoms with Crippen LogP contribution in [0.4, 0.5) is 0 Å². The Balaban J connectivity index is 3.15. The number of hydrogen-bond donors (Lipinski definition) is 1. The molecule has 0 fully saturated rings. The lowest BCUT2D eigenvalue weighted by Gasteiger charge is -1.95. The van der Waals surface area contributed by atoms with E-state index >= 15 is 0 Å². The van der Waals surface area contributed by atoms with Gasteiger partial charge in [-0.1, -0.05) is 0 Å². The predicted octanol–water partition coefficient (Wildman–Crippen LogP) is -0.116. The van der Waals surface area contributed by atoms with Crippen molar-refractivity contribution >= 4 is 5.91 Å². The number of aromatic nitrogens is 2. The van der Waals surface area contributed by atoms with Crippen LogP contribution in [0.25, 0.3) is 0 Å². The van der Waals surface area contributed by atoms with Gasteiger partial charge in [0.25, 0.3) is 5.91 Å². The van der Waals surface area contributed by atoms with Gasteiger partial charge in [-0.2, -0.15) is 0 Å². The number of amides is 1. The summed E-state index contributed by atoms with van der Waals surface area (Å²) in [5.74, 6) is -0.536. The number of primary amides is 1. The van der Waals surface area contributed by atoms with Gasteiger partial charge in [-0.3, -0.25) is 9.78 Å². The highest BCUT2D eigenvalue weighted by atomic mass is 16.1. The molecule has 0 aliphatic rings. The quantitative estimate of drug-likeness (QED) is 0.586. The molecule has 2 N–H and O–H groups in total. The molecule has 0 aromatic carbocycles. The second-order valence-electron chi connectivity index (χ2n) is 1.85. The van der Waals surface area contributed by atoms with Gasteiger partial charge in [0.15, 0.2) is 0 Å². The largest absolute Gasteiger partial charge is 0.364 e. The SMILES string of the molecule is Cc1nccnc1C(N)=O. The standard InChI is InChI=1S/C6H7N3O/c1-4-5(6(7)10)9-3-2-8-4/h2-3H,1H3,(H2,7,10).